The Bertz CT molecular complexity index is 925. The maximum absolute atomic E-state index is 13.6. The Hall–Kier alpha value is -0.620. The van der Waals surface area contributed by atoms with Gasteiger partial charge in [-0.3, -0.25) is 9.79 Å². The van der Waals surface area contributed by atoms with Crippen molar-refractivity contribution in [2.45, 2.75) is 114 Å². The second kappa shape index (κ2) is 8.46. The molecule has 5 bridgehead atoms. The SMILES string of the molecule is C[C@@H]1CC[C@@H]2CC3=C4CCC[C@]5(CCN=C(N)N5)C5(CCCCC5)SSCC[C@]2(C)[C@]31CC4=O. The van der Waals surface area contributed by atoms with E-state index in [0.717, 1.165) is 44.6 Å². The third-order valence-electron chi connectivity index (χ3n) is 11.5. The Balaban J connectivity index is 1.39. The predicted octanol–water partition coefficient (Wildman–Crippen LogP) is 6.40. The number of nitrogens with one attached hydrogen (secondary N) is 1. The van der Waals surface area contributed by atoms with Crippen LogP contribution in [0.2, 0.25) is 0 Å². The minimum atomic E-state index is 0.00163. The zero-order valence-corrected chi connectivity index (χ0v) is 22.9. The molecule has 188 valence electrons. The molecule has 4 nitrogen and oxygen atoms in total. The predicted molar refractivity (Wildman–Crippen MR) is 145 cm³/mol. The summed E-state index contributed by atoms with van der Waals surface area (Å²) >= 11 is 0. The third-order valence-corrected chi connectivity index (χ3v) is 14.9. The van der Waals surface area contributed by atoms with Crippen LogP contribution < -0.4 is 11.1 Å². The Morgan fingerprint density at radius 1 is 1.06 bits per heavy atom. The second-order valence-electron chi connectivity index (χ2n) is 12.6. The molecule has 3 N–H and O–H groups in total. The van der Waals surface area contributed by atoms with Gasteiger partial charge >= 0.3 is 0 Å². The number of allylic oxidation sites excluding steroid dienone is 2. The number of carbonyl (C=O) groups excluding carboxylic acids is 1. The van der Waals surface area contributed by atoms with Crippen LogP contribution in [0, 0.1) is 22.7 Å². The molecule has 0 aromatic carbocycles. The van der Waals surface area contributed by atoms with Gasteiger partial charge in [0.25, 0.3) is 0 Å². The standard InChI is InChI=1S/C28H43N3OS2/c1-19-8-9-20-17-22-21-7-6-10-26(13-15-30-24(29)31-26)27(11-4-3-5-12-27)34-33-16-14-25(20,2)28(19,22)18-23(21)32/h19-20H,3-18H2,1-2H3,(H3,29,30,31)/t19-,20-,25+,26+,28+/m1/s1. The van der Waals surface area contributed by atoms with Gasteiger partial charge in [-0.2, -0.15) is 0 Å². The number of aliphatic imine (C=N–C) groups is 1. The lowest BCUT2D eigenvalue weighted by Gasteiger charge is -2.54. The summed E-state index contributed by atoms with van der Waals surface area (Å²) in [5, 5.41) is 3.79. The molecule has 5 atom stereocenters. The van der Waals surface area contributed by atoms with E-state index in [1.54, 1.807) is 5.57 Å². The molecule has 4 aliphatic carbocycles. The van der Waals surface area contributed by atoms with Gasteiger partial charge in [0, 0.05) is 28.9 Å². The van der Waals surface area contributed by atoms with Crippen LogP contribution in [-0.4, -0.2) is 34.3 Å². The van der Waals surface area contributed by atoms with Crippen molar-refractivity contribution in [2.24, 2.45) is 33.4 Å². The summed E-state index contributed by atoms with van der Waals surface area (Å²) in [6.07, 6.45) is 16.7. The first kappa shape index (κ1) is 23.8. The smallest absolute Gasteiger partial charge is 0.189 e. The van der Waals surface area contributed by atoms with E-state index in [9.17, 15) is 4.79 Å². The maximum Gasteiger partial charge on any atom is 0.189 e. The molecule has 6 heteroatoms. The second-order valence-corrected chi connectivity index (χ2v) is 15.4. The molecule has 0 aromatic rings. The van der Waals surface area contributed by atoms with Crippen molar-refractivity contribution < 1.29 is 4.79 Å². The fourth-order valence-corrected chi connectivity index (χ4v) is 13.5. The molecule has 34 heavy (non-hydrogen) atoms. The number of Topliss-reactive ketones (excluding diaryl/α,β-unsaturated/α-hetero) is 1. The highest BCUT2D eigenvalue weighted by atomic mass is 33.1. The number of nitrogens with zero attached hydrogens (tertiary/aromatic N) is 1. The number of ketones is 1. The molecule has 2 aliphatic heterocycles. The van der Waals surface area contributed by atoms with E-state index in [-0.39, 0.29) is 21.1 Å². The summed E-state index contributed by atoms with van der Waals surface area (Å²) in [7, 11) is 4.35. The Morgan fingerprint density at radius 2 is 1.88 bits per heavy atom. The van der Waals surface area contributed by atoms with Crippen molar-refractivity contribution in [2.75, 3.05) is 12.3 Å². The summed E-state index contributed by atoms with van der Waals surface area (Å²) in [6, 6.07) is 0. The van der Waals surface area contributed by atoms with Crippen LogP contribution in [0.3, 0.4) is 0 Å². The monoisotopic (exact) mass is 501 g/mol. The van der Waals surface area contributed by atoms with Crippen molar-refractivity contribution >= 4 is 33.3 Å². The third kappa shape index (κ3) is 3.18. The number of fused-ring (bicyclic) bond motifs is 1. The highest BCUT2D eigenvalue weighted by Gasteiger charge is 2.67. The van der Waals surface area contributed by atoms with E-state index >= 15 is 0 Å². The minimum absolute atomic E-state index is 0.00163. The van der Waals surface area contributed by atoms with E-state index in [1.165, 1.54) is 69.1 Å². The Labute approximate surface area is 213 Å². The van der Waals surface area contributed by atoms with Crippen molar-refractivity contribution in [3.8, 4) is 0 Å². The summed E-state index contributed by atoms with van der Waals surface area (Å²) in [5.41, 5.74) is 9.67. The van der Waals surface area contributed by atoms with E-state index in [4.69, 9.17) is 5.73 Å². The largest absolute Gasteiger partial charge is 0.370 e. The molecule has 3 fully saturated rings. The van der Waals surface area contributed by atoms with Gasteiger partial charge in [-0.25, -0.2) is 0 Å². The number of rotatable bonds is 0. The quantitative estimate of drug-likeness (QED) is 0.376. The van der Waals surface area contributed by atoms with Crippen LogP contribution in [0.4, 0.5) is 0 Å². The Morgan fingerprint density at radius 3 is 2.68 bits per heavy atom. The van der Waals surface area contributed by atoms with Gasteiger partial charge in [-0.05, 0) is 87.0 Å². The van der Waals surface area contributed by atoms with Crippen LogP contribution >= 0.6 is 21.6 Å². The van der Waals surface area contributed by atoms with Gasteiger partial charge in [0.15, 0.2) is 11.7 Å². The van der Waals surface area contributed by atoms with Crippen molar-refractivity contribution in [3.05, 3.63) is 11.1 Å². The fraction of sp³-hybridized carbons (Fsp3) is 0.857. The lowest BCUT2D eigenvalue weighted by molar-refractivity contribution is -0.120. The zero-order chi connectivity index (χ0) is 23.6. The van der Waals surface area contributed by atoms with Crippen molar-refractivity contribution in [1.82, 2.24) is 5.32 Å². The number of hydrogen-bond donors (Lipinski definition) is 2. The molecular formula is C28H43N3OS2. The average Bonchev–Trinajstić information content (AvgIpc) is 3.17. The van der Waals surface area contributed by atoms with Gasteiger partial charge in [0.1, 0.15) is 0 Å². The fourth-order valence-electron chi connectivity index (χ4n) is 9.67. The van der Waals surface area contributed by atoms with Crippen LogP contribution in [-0.2, 0) is 4.79 Å². The van der Waals surface area contributed by atoms with E-state index < -0.39 is 0 Å². The molecule has 6 aliphatic rings. The zero-order valence-electron chi connectivity index (χ0n) is 21.2. The topological polar surface area (TPSA) is 67.5 Å². The highest BCUT2D eigenvalue weighted by Crippen LogP contribution is 2.74. The first-order valence-electron chi connectivity index (χ1n) is 14.0. The first-order valence-corrected chi connectivity index (χ1v) is 16.3. The molecule has 0 aromatic heterocycles. The molecule has 0 unspecified atom stereocenters. The molecular weight excluding hydrogens is 458 g/mol. The van der Waals surface area contributed by atoms with E-state index in [1.807, 2.05) is 0 Å². The molecule has 0 radical (unpaired) electrons. The molecule has 3 saturated carbocycles. The molecule has 0 saturated heterocycles. The number of carbonyl (C=O) groups is 1. The van der Waals surface area contributed by atoms with E-state index in [0.29, 0.717) is 17.7 Å². The van der Waals surface area contributed by atoms with Crippen LogP contribution in [0.1, 0.15) is 104 Å². The molecule has 6 rings (SSSR count). The van der Waals surface area contributed by atoms with E-state index in [2.05, 4.69) is 45.7 Å². The average molecular weight is 502 g/mol. The number of hydrogen-bond acceptors (Lipinski definition) is 6. The molecule has 3 spiro atoms. The van der Waals surface area contributed by atoms with Gasteiger partial charge in [0.2, 0.25) is 0 Å². The Kier molecular flexibility index (Phi) is 5.91. The van der Waals surface area contributed by atoms with Crippen LogP contribution in [0.25, 0.3) is 0 Å². The first-order chi connectivity index (χ1) is 16.4. The minimum Gasteiger partial charge on any atom is -0.370 e. The normalized spacial score (nSPS) is 44.3. The highest BCUT2D eigenvalue weighted by molar-refractivity contribution is 8.77. The summed E-state index contributed by atoms with van der Waals surface area (Å²) in [4.78, 5) is 18.1. The van der Waals surface area contributed by atoms with Gasteiger partial charge in [0.05, 0.1) is 5.54 Å². The molecule has 2 heterocycles. The lowest BCUT2D eigenvalue weighted by Crippen LogP contribution is -2.66. The lowest BCUT2D eigenvalue weighted by atomic mass is 9.51. The van der Waals surface area contributed by atoms with Gasteiger partial charge < -0.3 is 11.1 Å². The van der Waals surface area contributed by atoms with Gasteiger partial charge in [-0.1, -0.05) is 60.3 Å². The maximum atomic E-state index is 13.6. The number of guanidine groups is 1. The van der Waals surface area contributed by atoms with Crippen molar-refractivity contribution in [1.29, 1.82) is 0 Å². The van der Waals surface area contributed by atoms with Crippen LogP contribution in [0.5, 0.6) is 0 Å². The molecule has 0 amide bonds. The summed E-state index contributed by atoms with van der Waals surface area (Å²) in [5.74, 6) is 3.75. The van der Waals surface area contributed by atoms with Crippen LogP contribution in [0.15, 0.2) is 16.1 Å². The number of nitrogens with two attached hydrogens (primary N) is 1. The van der Waals surface area contributed by atoms with Gasteiger partial charge in [-0.15, -0.1) is 0 Å². The van der Waals surface area contributed by atoms with Crippen molar-refractivity contribution in [3.63, 3.8) is 0 Å². The summed E-state index contributed by atoms with van der Waals surface area (Å²) in [6.45, 7) is 5.88. The summed E-state index contributed by atoms with van der Waals surface area (Å²) < 4.78 is 0.215.